The van der Waals surface area contributed by atoms with Crippen LogP contribution in [-0.2, 0) is 6.54 Å². The predicted octanol–water partition coefficient (Wildman–Crippen LogP) is 2.15. The number of nitrogens with zero attached hydrogens (tertiary/aromatic N) is 3. The number of hydrogen-bond acceptors (Lipinski definition) is 5. The SMILES string of the molecule is CCN(Cc1ccccc1)c1nc(N)ns1. The van der Waals surface area contributed by atoms with Gasteiger partial charge in [0.2, 0.25) is 11.1 Å². The molecular formula is C11H14N4S. The van der Waals surface area contributed by atoms with E-state index in [4.69, 9.17) is 5.73 Å². The molecule has 0 radical (unpaired) electrons. The molecular weight excluding hydrogens is 220 g/mol. The van der Waals surface area contributed by atoms with Crippen LogP contribution in [0, 0.1) is 0 Å². The molecule has 16 heavy (non-hydrogen) atoms. The second-order valence-corrected chi connectivity index (χ2v) is 4.17. The summed E-state index contributed by atoms with van der Waals surface area (Å²) in [5, 5.41) is 0.879. The molecule has 2 N–H and O–H groups in total. The Bertz CT molecular complexity index is 440. The van der Waals surface area contributed by atoms with Crippen molar-refractivity contribution in [2.45, 2.75) is 13.5 Å². The van der Waals surface area contributed by atoms with E-state index in [1.807, 2.05) is 18.2 Å². The lowest BCUT2D eigenvalue weighted by Gasteiger charge is -2.18. The third-order valence-electron chi connectivity index (χ3n) is 2.30. The van der Waals surface area contributed by atoms with Crippen molar-refractivity contribution >= 4 is 22.6 Å². The van der Waals surface area contributed by atoms with Crippen LogP contribution in [0.2, 0.25) is 0 Å². The average Bonchev–Trinajstić information content (AvgIpc) is 2.74. The Hall–Kier alpha value is -1.62. The van der Waals surface area contributed by atoms with E-state index in [0.29, 0.717) is 5.95 Å². The lowest BCUT2D eigenvalue weighted by Crippen LogP contribution is -2.21. The van der Waals surface area contributed by atoms with Gasteiger partial charge in [0.1, 0.15) is 0 Å². The van der Waals surface area contributed by atoms with Crippen LogP contribution in [-0.4, -0.2) is 15.9 Å². The minimum Gasteiger partial charge on any atom is -0.367 e. The zero-order chi connectivity index (χ0) is 11.4. The van der Waals surface area contributed by atoms with Crippen molar-refractivity contribution in [2.24, 2.45) is 0 Å². The predicted molar refractivity (Wildman–Crippen MR) is 67.5 cm³/mol. The molecule has 0 amide bonds. The fraction of sp³-hybridized carbons (Fsp3) is 0.273. The van der Waals surface area contributed by atoms with E-state index >= 15 is 0 Å². The first-order chi connectivity index (χ1) is 7.79. The Balaban J connectivity index is 2.12. The molecule has 0 aliphatic heterocycles. The zero-order valence-corrected chi connectivity index (χ0v) is 9.94. The standard InChI is InChI=1S/C11H14N4S/c1-2-15(11-13-10(12)14-16-11)8-9-6-4-3-5-7-9/h3-7H,2,8H2,1H3,(H2,12,14). The first kappa shape index (κ1) is 10.9. The summed E-state index contributed by atoms with van der Waals surface area (Å²) in [4.78, 5) is 6.35. The molecule has 0 saturated heterocycles. The fourth-order valence-electron chi connectivity index (χ4n) is 1.47. The van der Waals surface area contributed by atoms with Crippen molar-refractivity contribution in [2.75, 3.05) is 17.2 Å². The lowest BCUT2D eigenvalue weighted by molar-refractivity contribution is 0.827. The van der Waals surface area contributed by atoms with Crippen molar-refractivity contribution in [3.05, 3.63) is 35.9 Å². The topological polar surface area (TPSA) is 55.0 Å². The molecule has 5 heteroatoms. The quantitative estimate of drug-likeness (QED) is 0.880. The van der Waals surface area contributed by atoms with Crippen molar-refractivity contribution in [1.29, 1.82) is 0 Å². The van der Waals surface area contributed by atoms with Crippen molar-refractivity contribution in [3.8, 4) is 0 Å². The molecule has 1 aromatic carbocycles. The first-order valence-corrected chi connectivity index (χ1v) is 5.95. The van der Waals surface area contributed by atoms with E-state index in [9.17, 15) is 0 Å². The monoisotopic (exact) mass is 234 g/mol. The van der Waals surface area contributed by atoms with Crippen LogP contribution in [0.15, 0.2) is 30.3 Å². The number of benzene rings is 1. The third kappa shape index (κ3) is 2.49. The molecule has 0 saturated carbocycles. The van der Waals surface area contributed by atoms with Gasteiger partial charge in [0.05, 0.1) is 0 Å². The van der Waals surface area contributed by atoms with Crippen LogP contribution in [0.1, 0.15) is 12.5 Å². The number of nitrogens with two attached hydrogens (primary N) is 1. The molecule has 0 spiro atoms. The second kappa shape index (κ2) is 4.94. The van der Waals surface area contributed by atoms with E-state index in [2.05, 4.69) is 33.3 Å². The number of hydrogen-bond donors (Lipinski definition) is 1. The van der Waals surface area contributed by atoms with Gasteiger partial charge in [-0.2, -0.15) is 9.36 Å². The molecule has 2 aromatic rings. The summed E-state index contributed by atoms with van der Waals surface area (Å²) in [5.41, 5.74) is 6.79. The van der Waals surface area contributed by atoms with Crippen LogP contribution in [0.3, 0.4) is 0 Å². The number of aromatic nitrogens is 2. The van der Waals surface area contributed by atoms with Crippen molar-refractivity contribution < 1.29 is 0 Å². The highest BCUT2D eigenvalue weighted by Gasteiger charge is 2.09. The molecule has 84 valence electrons. The van der Waals surface area contributed by atoms with Gasteiger partial charge in [-0.25, -0.2) is 0 Å². The summed E-state index contributed by atoms with van der Waals surface area (Å²) in [6.07, 6.45) is 0. The number of nitrogen functional groups attached to an aromatic ring is 1. The van der Waals surface area contributed by atoms with Gasteiger partial charge in [0.15, 0.2) is 0 Å². The Morgan fingerprint density at radius 2 is 2.06 bits per heavy atom. The normalized spacial score (nSPS) is 10.3. The Morgan fingerprint density at radius 1 is 1.31 bits per heavy atom. The molecule has 0 aliphatic rings. The Labute approximate surface area is 98.9 Å². The molecule has 0 aliphatic carbocycles. The minimum absolute atomic E-state index is 0.353. The van der Waals surface area contributed by atoms with Gasteiger partial charge in [-0.1, -0.05) is 30.3 Å². The van der Waals surface area contributed by atoms with Crippen LogP contribution in [0.4, 0.5) is 11.1 Å². The maximum atomic E-state index is 5.53. The highest BCUT2D eigenvalue weighted by molar-refractivity contribution is 7.09. The highest BCUT2D eigenvalue weighted by Crippen LogP contribution is 2.20. The summed E-state index contributed by atoms with van der Waals surface area (Å²) in [6.45, 7) is 3.83. The van der Waals surface area contributed by atoms with Gasteiger partial charge in [-0.3, -0.25) is 0 Å². The lowest BCUT2D eigenvalue weighted by atomic mass is 10.2. The van der Waals surface area contributed by atoms with Crippen molar-refractivity contribution in [1.82, 2.24) is 9.36 Å². The molecule has 2 rings (SSSR count). The van der Waals surface area contributed by atoms with Crippen LogP contribution in [0.25, 0.3) is 0 Å². The molecule has 0 atom stereocenters. The smallest absolute Gasteiger partial charge is 0.233 e. The molecule has 1 heterocycles. The maximum Gasteiger partial charge on any atom is 0.233 e. The number of anilines is 2. The fourth-order valence-corrected chi connectivity index (χ4v) is 2.13. The molecule has 4 nitrogen and oxygen atoms in total. The van der Waals surface area contributed by atoms with Crippen LogP contribution in [0.5, 0.6) is 0 Å². The summed E-state index contributed by atoms with van der Waals surface area (Å²) >= 11 is 1.34. The largest absolute Gasteiger partial charge is 0.367 e. The molecule has 0 fully saturated rings. The van der Waals surface area contributed by atoms with Crippen LogP contribution >= 0.6 is 11.5 Å². The van der Waals surface area contributed by atoms with E-state index < -0.39 is 0 Å². The molecule has 0 bridgehead atoms. The summed E-state index contributed by atoms with van der Waals surface area (Å²) in [6, 6.07) is 10.3. The van der Waals surface area contributed by atoms with E-state index in [1.165, 1.54) is 17.1 Å². The second-order valence-electron chi connectivity index (χ2n) is 3.43. The summed E-state index contributed by atoms with van der Waals surface area (Å²) < 4.78 is 3.99. The molecule has 1 aromatic heterocycles. The Kier molecular flexibility index (Phi) is 3.36. The molecule has 0 unspecified atom stereocenters. The van der Waals surface area contributed by atoms with Gasteiger partial charge >= 0.3 is 0 Å². The third-order valence-corrected chi connectivity index (χ3v) is 3.09. The van der Waals surface area contributed by atoms with Gasteiger partial charge in [-0.05, 0) is 12.5 Å². The van der Waals surface area contributed by atoms with E-state index in [-0.39, 0.29) is 0 Å². The zero-order valence-electron chi connectivity index (χ0n) is 9.13. The Morgan fingerprint density at radius 3 is 2.62 bits per heavy atom. The van der Waals surface area contributed by atoms with Gasteiger partial charge in [0.25, 0.3) is 0 Å². The van der Waals surface area contributed by atoms with Gasteiger partial charge in [-0.15, -0.1) is 0 Å². The van der Waals surface area contributed by atoms with Gasteiger partial charge < -0.3 is 10.6 Å². The summed E-state index contributed by atoms with van der Waals surface area (Å²) in [5.74, 6) is 0.353. The first-order valence-electron chi connectivity index (χ1n) is 5.17. The van der Waals surface area contributed by atoms with E-state index in [1.54, 1.807) is 0 Å². The highest BCUT2D eigenvalue weighted by atomic mass is 32.1. The average molecular weight is 234 g/mol. The minimum atomic E-state index is 0.353. The van der Waals surface area contributed by atoms with Crippen molar-refractivity contribution in [3.63, 3.8) is 0 Å². The number of rotatable bonds is 4. The van der Waals surface area contributed by atoms with Crippen LogP contribution < -0.4 is 10.6 Å². The maximum absolute atomic E-state index is 5.53. The summed E-state index contributed by atoms with van der Waals surface area (Å²) in [7, 11) is 0. The van der Waals surface area contributed by atoms with E-state index in [0.717, 1.165) is 18.2 Å². The van der Waals surface area contributed by atoms with Gasteiger partial charge in [0, 0.05) is 24.6 Å².